The number of para-hydroxylation sites is 1. The molecule has 1 N–H and O–H groups in total. The molecule has 1 saturated heterocycles. The van der Waals surface area contributed by atoms with Crippen molar-refractivity contribution in [2.45, 2.75) is 34.7 Å². The topological polar surface area (TPSA) is 116 Å². The zero-order valence-electron chi connectivity index (χ0n) is 20.7. The number of phenols is 1. The fraction of sp³-hybridized carbons (Fsp3) is 0.308. The Labute approximate surface area is 253 Å². The van der Waals surface area contributed by atoms with Crippen LogP contribution in [0.3, 0.4) is 0 Å². The maximum Gasteiger partial charge on any atom is 0.352 e. The van der Waals surface area contributed by atoms with Crippen molar-refractivity contribution in [3.8, 4) is 17.2 Å². The van der Waals surface area contributed by atoms with Crippen LogP contribution >= 0.6 is 55.1 Å². The molecule has 0 radical (unpaired) electrons. The van der Waals surface area contributed by atoms with Crippen LogP contribution < -0.4 is 16.1 Å². The van der Waals surface area contributed by atoms with Crippen molar-refractivity contribution in [1.82, 2.24) is 18.8 Å². The molecule has 2 fully saturated rings. The molecule has 3 aromatic rings. The molecule has 2 amide bonds. The van der Waals surface area contributed by atoms with Crippen LogP contribution in [0.4, 0.5) is 0 Å². The third-order valence-corrected chi connectivity index (χ3v) is 10.3. The van der Waals surface area contributed by atoms with Gasteiger partial charge in [0.25, 0.3) is 11.8 Å². The summed E-state index contributed by atoms with van der Waals surface area (Å²) < 4.78 is 9.43. The number of amides is 2. The highest BCUT2D eigenvalue weighted by Gasteiger charge is 2.75. The molecule has 40 heavy (non-hydrogen) atoms. The van der Waals surface area contributed by atoms with Crippen molar-refractivity contribution in [2.24, 2.45) is 0 Å². The van der Waals surface area contributed by atoms with E-state index in [4.69, 9.17) is 27.9 Å². The van der Waals surface area contributed by atoms with Gasteiger partial charge in [0.15, 0.2) is 21.2 Å². The van der Waals surface area contributed by atoms with Crippen molar-refractivity contribution >= 4 is 66.9 Å². The number of ether oxygens (including phenoxy) is 1. The first kappa shape index (κ1) is 27.4. The van der Waals surface area contributed by atoms with E-state index in [9.17, 15) is 24.3 Å². The first-order valence-electron chi connectivity index (χ1n) is 12.1. The molecule has 0 bridgehead atoms. The summed E-state index contributed by atoms with van der Waals surface area (Å²) >= 11 is 21.0. The van der Waals surface area contributed by atoms with Crippen LogP contribution in [0.2, 0.25) is 0 Å². The minimum atomic E-state index is -2.07. The first-order chi connectivity index (χ1) is 19.0. The number of alkyl halides is 3. The number of likely N-dealkylation sites (tertiary alicyclic amines) is 1. The molecule has 4 atom stereocenters. The smallest absolute Gasteiger partial charge is 0.352 e. The van der Waals surface area contributed by atoms with E-state index in [0.29, 0.717) is 15.7 Å². The molecule has 208 valence electrons. The van der Waals surface area contributed by atoms with E-state index < -0.39 is 44.9 Å². The number of hydrogen-bond acceptors (Lipinski definition) is 6. The summed E-state index contributed by atoms with van der Waals surface area (Å²) in [5.41, 5.74) is -0.361. The summed E-state index contributed by atoms with van der Waals surface area (Å²) in [6.07, 6.45) is 1.45. The Morgan fingerprint density at radius 3 is 2.42 bits per heavy atom. The van der Waals surface area contributed by atoms with Crippen molar-refractivity contribution < 1.29 is 19.4 Å². The maximum atomic E-state index is 13.9. The van der Waals surface area contributed by atoms with Crippen LogP contribution in [0.15, 0.2) is 68.2 Å². The molecule has 10 nitrogen and oxygen atoms in total. The predicted molar refractivity (Wildman–Crippen MR) is 154 cm³/mol. The summed E-state index contributed by atoms with van der Waals surface area (Å²) in [5, 5.41) is 11.3. The second-order valence-electron chi connectivity index (χ2n) is 9.74. The summed E-state index contributed by atoms with van der Waals surface area (Å²) in [4.78, 5) is 51.7. The lowest BCUT2D eigenvalue weighted by atomic mass is 9.64. The summed E-state index contributed by atoms with van der Waals surface area (Å²) in [5.74, 6) is -2.86. The SMILES string of the molecule is COc1cc(Br)cc(C2C3=CCn4c(=O)n(-c5ccccc5)c(=O)n4C3CC3(Cl)C(=O)N(CBr)C(=O)C23Cl)c1O. The van der Waals surface area contributed by atoms with Gasteiger partial charge in [-0.3, -0.25) is 14.5 Å². The summed E-state index contributed by atoms with van der Waals surface area (Å²) in [6, 6.07) is 10.6. The maximum absolute atomic E-state index is 13.9. The molecule has 4 unspecified atom stereocenters. The van der Waals surface area contributed by atoms with Crippen molar-refractivity contribution in [1.29, 1.82) is 0 Å². The van der Waals surface area contributed by atoms with Gasteiger partial charge in [0, 0.05) is 22.4 Å². The number of fused-ring (bicyclic) bond motifs is 4. The molecule has 14 heteroatoms. The predicted octanol–water partition coefficient (Wildman–Crippen LogP) is 3.62. The third-order valence-electron chi connectivity index (χ3n) is 7.90. The first-order valence-corrected chi connectivity index (χ1v) is 14.7. The Hall–Kier alpha value is -2.80. The third kappa shape index (κ3) is 3.39. The fourth-order valence-electron chi connectivity index (χ4n) is 6.13. The van der Waals surface area contributed by atoms with Gasteiger partial charge in [0.05, 0.1) is 30.8 Å². The molecule has 3 aliphatic rings. The average Bonchev–Trinajstić information content (AvgIpc) is 3.28. The summed E-state index contributed by atoms with van der Waals surface area (Å²) in [7, 11) is 1.37. The lowest BCUT2D eigenvalue weighted by molar-refractivity contribution is -0.138. The number of hydrogen-bond donors (Lipinski definition) is 1. The molecular formula is C26H20Br2Cl2N4O6. The number of aromatic nitrogens is 3. The molecular weight excluding hydrogens is 695 g/mol. The number of halogens is 4. The van der Waals surface area contributed by atoms with Gasteiger partial charge in [-0.05, 0) is 29.8 Å². The Morgan fingerprint density at radius 2 is 1.77 bits per heavy atom. The van der Waals surface area contributed by atoms with Crippen LogP contribution in [-0.4, -0.2) is 58.1 Å². The number of rotatable bonds is 4. The van der Waals surface area contributed by atoms with E-state index in [-0.39, 0.29) is 35.5 Å². The number of imide groups is 1. The van der Waals surface area contributed by atoms with Crippen molar-refractivity contribution in [3.63, 3.8) is 0 Å². The highest BCUT2D eigenvalue weighted by atomic mass is 79.9. The van der Waals surface area contributed by atoms with E-state index >= 15 is 0 Å². The average molecular weight is 715 g/mol. The molecule has 0 spiro atoms. The molecule has 2 aliphatic heterocycles. The quantitative estimate of drug-likeness (QED) is 0.191. The number of carbonyl (C=O) groups is 2. The van der Waals surface area contributed by atoms with Gasteiger partial charge in [-0.25, -0.2) is 23.5 Å². The minimum Gasteiger partial charge on any atom is -0.504 e. The van der Waals surface area contributed by atoms with E-state index in [0.717, 1.165) is 9.47 Å². The van der Waals surface area contributed by atoms with Gasteiger partial charge in [0.2, 0.25) is 0 Å². The van der Waals surface area contributed by atoms with E-state index in [1.165, 1.54) is 22.5 Å². The number of benzene rings is 2. The number of allylic oxidation sites excluding steroid dienone is 2. The Kier molecular flexibility index (Phi) is 6.41. The Balaban J connectivity index is 1.65. The molecule has 1 saturated carbocycles. The second kappa shape index (κ2) is 9.37. The minimum absolute atomic E-state index is 0.0192. The molecule has 1 aliphatic carbocycles. The number of methoxy groups -OCH3 is 1. The fourth-order valence-corrected chi connectivity index (χ4v) is 7.98. The zero-order valence-corrected chi connectivity index (χ0v) is 25.4. The zero-order chi connectivity index (χ0) is 28.7. The lowest BCUT2D eigenvalue weighted by Crippen LogP contribution is -2.59. The van der Waals surface area contributed by atoms with Crippen LogP contribution in [-0.2, 0) is 16.1 Å². The van der Waals surface area contributed by atoms with E-state index in [2.05, 4.69) is 31.9 Å². The van der Waals surface area contributed by atoms with Crippen LogP contribution in [0.1, 0.15) is 23.9 Å². The molecule has 1 aromatic heterocycles. The molecule has 2 aromatic carbocycles. The highest BCUT2D eigenvalue weighted by molar-refractivity contribution is 9.10. The van der Waals surface area contributed by atoms with Gasteiger partial charge in [-0.2, -0.15) is 0 Å². The largest absolute Gasteiger partial charge is 0.504 e. The normalized spacial score (nSPS) is 27.2. The molecule has 3 heterocycles. The number of nitrogens with zero attached hydrogens (tertiary/aromatic N) is 4. The number of phenolic OH excluding ortho intramolecular Hbond substituents is 1. The van der Waals surface area contributed by atoms with Crippen molar-refractivity contribution in [3.05, 3.63) is 85.1 Å². The van der Waals surface area contributed by atoms with Crippen molar-refractivity contribution in [2.75, 3.05) is 12.6 Å². The summed E-state index contributed by atoms with van der Waals surface area (Å²) in [6.45, 7) is -0.0192. The highest BCUT2D eigenvalue weighted by Crippen LogP contribution is 2.64. The van der Waals surface area contributed by atoms with Crippen LogP contribution in [0.25, 0.3) is 5.69 Å². The standard InChI is InChI=1S/C26H20Br2Cl2N4O6/c1-40-18-10-13(28)9-16(20(18)35)19-15-7-8-32-23(38)33(14-5-3-2-4-6-14)24(39)34(32)17(15)11-25(29)21(36)31(12-27)22(37)26(19,25)30/h2-7,9-10,17,19,35H,8,11-12H2,1H3. The van der Waals surface area contributed by atoms with E-state index in [1.807, 2.05) is 0 Å². The van der Waals surface area contributed by atoms with E-state index in [1.54, 1.807) is 42.5 Å². The van der Waals surface area contributed by atoms with Gasteiger partial charge >= 0.3 is 11.4 Å². The van der Waals surface area contributed by atoms with Gasteiger partial charge < -0.3 is 9.84 Å². The Bertz CT molecular complexity index is 1750. The van der Waals surface area contributed by atoms with Gasteiger partial charge in [-0.15, -0.1) is 23.2 Å². The van der Waals surface area contributed by atoms with Crippen LogP contribution in [0.5, 0.6) is 11.5 Å². The van der Waals surface area contributed by atoms with Gasteiger partial charge in [-0.1, -0.05) is 56.1 Å². The number of aromatic hydroxyl groups is 1. The molecule has 6 rings (SSSR count). The second-order valence-corrected chi connectivity index (χ2v) is 12.4. The lowest BCUT2D eigenvalue weighted by Gasteiger charge is -2.49. The van der Waals surface area contributed by atoms with Gasteiger partial charge in [0.1, 0.15) is 0 Å². The van der Waals surface area contributed by atoms with Crippen LogP contribution in [0, 0.1) is 0 Å². The monoisotopic (exact) mass is 712 g/mol. The Morgan fingerprint density at radius 1 is 1.07 bits per heavy atom. The number of carbonyl (C=O) groups excluding carboxylic acids is 2.